The number of benzene rings is 1. The molecule has 0 bridgehead atoms. The zero-order valence-electron chi connectivity index (χ0n) is 12.4. The predicted molar refractivity (Wildman–Crippen MR) is 77.2 cm³/mol. The third-order valence-corrected chi connectivity index (χ3v) is 3.22. The van der Waals surface area contributed by atoms with Crippen LogP contribution >= 0.6 is 0 Å². The van der Waals surface area contributed by atoms with Crippen molar-refractivity contribution < 1.29 is 19.7 Å². The minimum atomic E-state index is -0.894. The lowest BCUT2D eigenvalue weighted by molar-refractivity contribution is -0.137. The molecule has 1 unspecified atom stereocenters. The number of hydrogen-bond acceptors (Lipinski definition) is 4. The van der Waals surface area contributed by atoms with Gasteiger partial charge < -0.3 is 20.7 Å². The third kappa shape index (κ3) is 3.87. The van der Waals surface area contributed by atoms with Crippen molar-refractivity contribution in [1.29, 1.82) is 0 Å². The van der Waals surface area contributed by atoms with Crippen LogP contribution in [0.2, 0.25) is 0 Å². The Morgan fingerprint density at radius 1 is 1.40 bits per heavy atom. The Hall–Kier alpha value is -1.75. The van der Waals surface area contributed by atoms with Gasteiger partial charge in [0.05, 0.1) is 7.11 Å². The van der Waals surface area contributed by atoms with Crippen molar-refractivity contribution >= 4 is 5.97 Å². The Morgan fingerprint density at radius 2 is 2.00 bits per heavy atom. The largest absolute Gasteiger partial charge is 0.508 e. The van der Waals surface area contributed by atoms with Crippen LogP contribution in [-0.4, -0.2) is 23.3 Å². The molecule has 5 heteroatoms. The summed E-state index contributed by atoms with van der Waals surface area (Å²) >= 11 is 0. The maximum Gasteiger partial charge on any atom is 0.303 e. The van der Waals surface area contributed by atoms with Crippen molar-refractivity contribution in [3.05, 3.63) is 23.3 Å². The molecule has 1 aromatic carbocycles. The summed E-state index contributed by atoms with van der Waals surface area (Å²) in [5.74, 6) is -0.167. The first kappa shape index (κ1) is 16.3. The lowest BCUT2D eigenvalue weighted by atomic mass is 9.84. The van der Waals surface area contributed by atoms with Crippen molar-refractivity contribution in [2.24, 2.45) is 5.73 Å². The van der Waals surface area contributed by atoms with Gasteiger partial charge in [-0.25, -0.2) is 0 Å². The van der Waals surface area contributed by atoms with Crippen molar-refractivity contribution in [2.75, 3.05) is 7.11 Å². The average Bonchev–Trinajstić information content (AvgIpc) is 2.34. The molecule has 20 heavy (non-hydrogen) atoms. The standard InChI is InChI=1S/C15H23NO4/c1-15(2,3)10-8-13(20-4)9(7-12(10)17)11(16)5-6-14(18)19/h7-8,11,17H,5-6,16H2,1-4H3,(H,18,19). The molecule has 4 N–H and O–H groups in total. The summed E-state index contributed by atoms with van der Waals surface area (Å²) in [5.41, 5.74) is 7.16. The molecule has 0 aromatic heterocycles. The average molecular weight is 281 g/mol. The highest BCUT2D eigenvalue weighted by molar-refractivity contribution is 5.66. The molecule has 5 nitrogen and oxygen atoms in total. The number of aliphatic carboxylic acids is 1. The molecule has 0 heterocycles. The highest BCUT2D eigenvalue weighted by Gasteiger charge is 2.23. The highest BCUT2D eigenvalue weighted by Crippen LogP contribution is 2.38. The first-order chi connectivity index (χ1) is 9.16. The zero-order chi connectivity index (χ0) is 15.5. The van der Waals surface area contributed by atoms with Gasteiger partial charge in [0.15, 0.2) is 0 Å². The van der Waals surface area contributed by atoms with Gasteiger partial charge in [0.1, 0.15) is 11.5 Å². The number of carboxylic acids is 1. The molecule has 0 aliphatic heterocycles. The second-order valence-electron chi connectivity index (χ2n) is 5.90. The van der Waals surface area contributed by atoms with Crippen LogP contribution in [0.3, 0.4) is 0 Å². The monoisotopic (exact) mass is 281 g/mol. The number of carboxylic acid groups (broad SMARTS) is 1. The zero-order valence-corrected chi connectivity index (χ0v) is 12.4. The SMILES string of the molecule is COc1cc(C(C)(C)C)c(O)cc1C(N)CCC(=O)O. The lowest BCUT2D eigenvalue weighted by Crippen LogP contribution is -2.16. The minimum absolute atomic E-state index is 0.0217. The van der Waals surface area contributed by atoms with Gasteiger partial charge in [-0.2, -0.15) is 0 Å². The Labute approximate surface area is 119 Å². The van der Waals surface area contributed by atoms with E-state index in [0.29, 0.717) is 17.7 Å². The highest BCUT2D eigenvalue weighted by atomic mass is 16.5. The molecule has 0 radical (unpaired) electrons. The number of hydrogen-bond donors (Lipinski definition) is 3. The van der Waals surface area contributed by atoms with Crippen LogP contribution in [0.5, 0.6) is 11.5 Å². The molecule has 0 amide bonds. The Bertz CT molecular complexity index is 491. The second kappa shape index (κ2) is 6.13. The van der Waals surface area contributed by atoms with E-state index in [1.165, 1.54) is 7.11 Å². The summed E-state index contributed by atoms with van der Waals surface area (Å²) in [4.78, 5) is 10.6. The fourth-order valence-electron chi connectivity index (χ4n) is 2.09. The number of phenolic OH excluding ortho intramolecular Hbond substituents is 1. The number of methoxy groups -OCH3 is 1. The van der Waals surface area contributed by atoms with Crippen LogP contribution < -0.4 is 10.5 Å². The smallest absolute Gasteiger partial charge is 0.303 e. The minimum Gasteiger partial charge on any atom is -0.508 e. The van der Waals surface area contributed by atoms with Gasteiger partial charge >= 0.3 is 5.97 Å². The molecule has 0 saturated heterocycles. The third-order valence-electron chi connectivity index (χ3n) is 3.22. The van der Waals surface area contributed by atoms with Crippen molar-refractivity contribution in [3.63, 3.8) is 0 Å². The summed E-state index contributed by atoms with van der Waals surface area (Å²) in [6, 6.07) is 2.86. The summed E-state index contributed by atoms with van der Waals surface area (Å²) in [7, 11) is 1.53. The Balaban J connectivity index is 3.15. The van der Waals surface area contributed by atoms with E-state index in [9.17, 15) is 9.90 Å². The number of nitrogens with two attached hydrogens (primary N) is 1. The van der Waals surface area contributed by atoms with E-state index in [4.69, 9.17) is 15.6 Å². The van der Waals surface area contributed by atoms with Gasteiger partial charge in [0, 0.05) is 23.6 Å². The van der Waals surface area contributed by atoms with Crippen LogP contribution in [0.15, 0.2) is 12.1 Å². The Kier molecular flexibility index (Phi) is 5.00. The molecule has 112 valence electrons. The molecule has 1 rings (SSSR count). The number of rotatable bonds is 5. The van der Waals surface area contributed by atoms with E-state index in [2.05, 4.69) is 0 Å². The molecular weight excluding hydrogens is 258 g/mol. The van der Waals surface area contributed by atoms with Gasteiger partial charge in [0.2, 0.25) is 0 Å². The van der Waals surface area contributed by atoms with Crippen molar-refractivity contribution in [2.45, 2.75) is 45.1 Å². The number of phenols is 1. The van der Waals surface area contributed by atoms with Gasteiger partial charge in [0.25, 0.3) is 0 Å². The van der Waals surface area contributed by atoms with Gasteiger partial charge in [-0.05, 0) is 24.0 Å². The van der Waals surface area contributed by atoms with Crippen molar-refractivity contribution in [1.82, 2.24) is 0 Å². The maximum absolute atomic E-state index is 10.6. The number of ether oxygens (including phenoxy) is 1. The van der Waals surface area contributed by atoms with Crippen LogP contribution in [0.25, 0.3) is 0 Å². The van der Waals surface area contributed by atoms with E-state index in [1.807, 2.05) is 20.8 Å². The summed E-state index contributed by atoms with van der Waals surface area (Å²) < 4.78 is 5.33. The second-order valence-corrected chi connectivity index (χ2v) is 5.90. The molecule has 0 spiro atoms. The first-order valence-electron chi connectivity index (χ1n) is 6.55. The van der Waals surface area contributed by atoms with E-state index in [1.54, 1.807) is 12.1 Å². The van der Waals surface area contributed by atoms with Crippen LogP contribution in [0.1, 0.15) is 50.8 Å². The molecule has 0 aliphatic carbocycles. The maximum atomic E-state index is 10.6. The molecular formula is C15H23NO4. The van der Waals surface area contributed by atoms with E-state index in [0.717, 1.165) is 5.56 Å². The molecule has 1 atom stereocenters. The van der Waals surface area contributed by atoms with Gasteiger partial charge in [-0.1, -0.05) is 20.8 Å². The van der Waals surface area contributed by atoms with Crippen LogP contribution in [0.4, 0.5) is 0 Å². The quantitative estimate of drug-likeness (QED) is 0.771. The fourth-order valence-corrected chi connectivity index (χ4v) is 2.09. The predicted octanol–water partition coefficient (Wildman–Crippen LogP) is 2.56. The molecule has 0 saturated carbocycles. The molecule has 1 aromatic rings. The van der Waals surface area contributed by atoms with Crippen LogP contribution in [-0.2, 0) is 10.2 Å². The summed E-state index contributed by atoms with van der Waals surface area (Å²) in [6.45, 7) is 5.97. The molecule has 0 aliphatic rings. The number of carbonyl (C=O) groups is 1. The lowest BCUT2D eigenvalue weighted by Gasteiger charge is -2.24. The van der Waals surface area contributed by atoms with Crippen LogP contribution in [0, 0.1) is 0 Å². The van der Waals surface area contributed by atoms with Gasteiger partial charge in [-0.15, -0.1) is 0 Å². The topological polar surface area (TPSA) is 92.8 Å². The van der Waals surface area contributed by atoms with E-state index in [-0.39, 0.29) is 17.6 Å². The normalized spacial score (nSPS) is 13.1. The van der Waals surface area contributed by atoms with E-state index >= 15 is 0 Å². The Morgan fingerprint density at radius 3 is 2.45 bits per heavy atom. The summed E-state index contributed by atoms with van der Waals surface area (Å²) in [5, 5.41) is 18.9. The van der Waals surface area contributed by atoms with Crippen molar-refractivity contribution in [3.8, 4) is 11.5 Å². The number of aromatic hydroxyl groups is 1. The fraction of sp³-hybridized carbons (Fsp3) is 0.533. The van der Waals surface area contributed by atoms with Gasteiger partial charge in [-0.3, -0.25) is 4.79 Å². The first-order valence-corrected chi connectivity index (χ1v) is 6.55. The van der Waals surface area contributed by atoms with E-state index < -0.39 is 12.0 Å². The molecule has 0 fully saturated rings. The summed E-state index contributed by atoms with van der Waals surface area (Å²) in [6.07, 6.45) is 0.270.